The van der Waals surface area contributed by atoms with Crippen LogP contribution in [0.25, 0.3) is 0 Å². The quantitative estimate of drug-likeness (QED) is 0.399. The van der Waals surface area contributed by atoms with Crippen LogP contribution < -0.4 is 0 Å². The number of hydrogen-bond donors (Lipinski definition) is 0. The van der Waals surface area contributed by atoms with E-state index < -0.39 is 0 Å². The van der Waals surface area contributed by atoms with Gasteiger partial charge in [-0.05, 0) is 50.8 Å². The average Bonchev–Trinajstić information content (AvgIpc) is 2.52. The Labute approximate surface area is 146 Å². The molecule has 128 valence electrons. The molecule has 1 aromatic rings. The summed E-state index contributed by atoms with van der Waals surface area (Å²) in [5.74, 6) is 0.580. The van der Waals surface area contributed by atoms with E-state index in [-0.39, 0.29) is 0 Å². The number of aryl methyl sites for hydroxylation is 1. The Morgan fingerprint density at radius 3 is 2.52 bits per heavy atom. The molecule has 0 aromatic heterocycles. The first-order valence-electron chi connectivity index (χ1n) is 8.81. The Kier molecular flexibility index (Phi) is 9.44. The molecule has 0 saturated carbocycles. The molecule has 2 atom stereocenters. The Hall–Kier alpha value is -0.910. The molecule has 0 aliphatic rings. The second-order valence-corrected chi connectivity index (χ2v) is 7.65. The number of benzene rings is 1. The molecule has 0 heterocycles. The average molecular weight is 331 g/mol. The maximum atomic E-state index is 2.75. The van der Waals surface area contributed by atoms with Gasteiger partial charge in [0.25, 0.3) is 0 Å². The molecule has 0 N–H and O–H groups in total. The molecular weight excluding hydrogens is 297 g/mol. The number of allylic oxidation sites excluding steroid dienone is 3. The minimum atomic E-state index is 0.580. The van der Waals surface area contributed by atoms with Crippen molar-refractivity contribution in [3.05, 3.63) is 58.4 Å². The molecule has 1 aromatic carbocycles. The van der Waals surface area contributed by atoms with Crippen molar-refractivity contribution in [2.24, 2.45) is 5.92 Å². The van der Waals surface area contributed by atoms with Crippen LogP contribution in [0.5, 0.6) is 0 Å². The van der Waals surface area contributed by atoms with Crippen molar-refractivity contribution in [1.29, 1.82) is 0 Å². The third kappa shape index (κ3) is 7.95. The molecule has 0 saturated heterocycles. The first kappa shape index (κ1) is 20.1. The summed E-state index contributed by atoms with van der Waals surface area (Å²) in [7, 11) is 2.75. The van der Waals surface area contributed by atoms with Crippen molar-refractivity contribution >= 4 is 9.24 Å². The fraction of sp³-hybridized carbons (Fsp3) is 0.524. The number of hydrogen-bond acceptors (Lipinski definition) is 1. The highest BCUT2D eigenvalue weighted by Gasteiger charge is 2.12. The lowest BCUT2D eigenvalue weighted by Gasteiger charge is -2.27. The van der Waals surface area contributed by atoms with Crippen LogP contribution in [-0.2, 0) is 6.54 Å². The smallest absolute Gasteiger partial charge is 0.0236 e. The van der Waals surface area contributed by atoms with Crippen LogP contribution in [0.3, 0.4) is 0 Å². The van der Waals surface area contributed by atoms with Gasteiger partial charge < -0.3 is 0 Å². The maximum Gasteiger partial charge on any atom is 0.0236 e. The van der Waals surface area contributed by atoms with Crippen molar-refractivity contribution in [3.8, 4) is 0 Å². The van der Waals surface area contributed by atoms with Gasteiger partial charge in [0, 0.05) is 13.1 Å². The fourth-order valence-corrected chi connectivity index (χ4v) is 2.70. The monoisotopic (exact) mass is 331 g/mol. The predicted molar refractivity (Wildman–Crippen MR) is 108 cm³/mol. The van der Waals surface area contributed by atoms with Crippen LogP contribution >= 0.6 is 9.24 Å². The predicted octanol–water partition coefficient (Wildman–Crippen LogP) is 5.96. The number of nitrogens with zero attached hydrogens (tertiary/aromatic N) is 1. The second-order valence-electron chi connectivity index (χ2n) is 6.74. The molecule has 1 rings (SSSR count). The molecule has 2 unspecified atom stereocenters. The van der Waals surface area contributed by atoms with Crippen LogP contribution in [0.15, 0.2) is 47.3 Å². The zero-order valence-electron chi connectivity index (χ0n) is 15.6. The summed E-state index contributed by atoms with van der Waals surface area (Å²) in [6.07, 6.45) is 6.97. The standard InChI is InChI=1S/C21H34NP/c1-6-7-14-22(16-21-11-9-8-10-18(21)3)15-19(4)17(2)12-13-20(5)23/h8-13,19H,6-7,14-16,23H2,1-5H3/b17-12-,20-13+. The highest BCUT2D eigenvalue weighted by Crippen LogP contribution is 2.17. The minimum Gasteiger partial charge on any atom is -0.298 e. The van der Waals surface area contributed by atoms with Gasteiger partial charge in [0.2, 0.25) is 0 Å². The first-order chi connectivity index (χ1) is 10.9. The van der Waals surface area contributed by atoms with E-state index in [2.05, 4.69) is 85.2 Å². The van der Waals surface area contributed by atoms with Gasteiger partial charge in [0.1, 0.15) is 0 Å². The van der Waals surface area contributed by atoms with E-state index in [1.54, 1.807) is 0 Å². The normalized spacial score (nSPS) is 14.4. The van der Waals surface area contributed by atoms with E-state index in [1.165, 1.54) is 41.4 Å². The summed E-state index contributed by atoms with van der Waals surface area (Å²) in [4.78, 5) is 2.62. The first-order valence-corrected chi connectivity index (χ1v) is 9.39. The van der Waals surface area contributed by atoms with Crippen molar-refractivity contribution < 1.29 is 0 Å². The van der Waals surface area contributed by atoms with Crippen LogP contribution in [0.4, 0.5) is 0 Å². The van der Waals surface area contributed by atoms with Gasteiger partial charge in [-0.25, -0.2) is 0 Å². The van der Waals surface area contributed by atoms with E-state index in [9.17, 15) is 0 Å². The number of unbranched alkanes of at least 4 members (excludes halogenated alkanes) is 1. The summed E-state index contributed by atoms with van der Waals surface area (Å²) in [5, 5.41) is 1.28. The van der Waals surface area contributed by atoms with Crippen LogP contribution in [0.2, 0.25) is 0 Å². The van der Waals surface area contributed by atoms with Gasteiger partial charge in [-0.2, -0.15) is 0 Å². The van der Waals surface area contributed by atoms with E-state index in [0.717, 1.165) is 13.1 Å². The lowest BCUT2D eigenvalue weighted by molar-refractivity contribution is 0.237. The zero-order valence-corrected chi connectivity index (χ0v) is 16.8. The highest BCUT2D eigenvalue weighted by molar-refractivity contribution is 7.22. The summed E-state index contributed by atoms with van der Waals surface area (Å²) in [6.45, 7) is 14.6. The molecule has 0 spiro atoms. The third-order valence-corrected chi connectivity index (χ3v) is 4.59. The Morgan fingerprint density at radius 2 is 1.91 bits per heavy atom. The largest absolute Gasteiger partial charge is 0.298 e. The Bertz CT molecular complexity index is 526. The van der Waals surface area contributed by atoms with E-state index in [4.69, 9.17) is 0 Å². The summed E-state index contributed by atoms with van der Waals surface area (Å²) >= 11 is 0. The SMILES string of the molecule is CCCCN(Cc1ccccc1C)CC(C)/C(C)=C\C=C(/C)P. The third-order valence-electron chi connectivity index (χ3n) is 4.40. The van der Waals surface area contributed by atoms with E-state index in [0.29, 0.717) is 5.92 Å². The summed E-state index contributed by atoms with van der Waals surface area (Å²) in [5.41, 5.74) is 4.31. The second kappa shape index (κ2) is 10.8. The minimum absolute atomic E-state index is 0.580. The van der Waals surface area contributed by atoms with Crippen LogP contribution in [0.1, 0.15) is 51.7 Å². The van der Waals surface area contributed by atoms with Crippen molar-refractivity contribution in [2.45, 2.75) is 54.0 Å². The van der Waals surface area contributed by atoms with E-state index >= 15 is 0 Å². The summed E-state index contributed by atoms with van der Waals surface area (Å²) < 4.78 is 0. The molecule has 0 radical (unpaired) electrons. The molecule has 0 bridgehead atoms. The van der Waals surface area contributed by atoms with Gasteiger partial charge in [-0.1, -0.05) is 67.6 Å². The molecule has 1 nitrogen and oxygen atoms in total. The van der Waals surface area contributed by atoms with E-state index in [1.807, 2.05) is 0 Å². The topological polar surface area (TPSA) is 3.24 Å². The van der Waals surface area contributed by atoms with Gasteiger partial charge in [0.05, 0.1) is 0 Å². The van der Waals surface area contributed by atoms with Crippen molar-refractivity contribution in [3.63, 3.8) is 0 Å². The van der Waals surface area contributed by atoms with Gasteiger partial charge in [-0.3, -0.25) is 4.90 Å². The fourth-order valence-electron chi connectivity index (χ4n) is 2.60. The molecule has 0 aliphatic carbocycles. The zero-order chi connectivity index (χ0) is 17.2. The van der Waals surface area contributed by atoms with Gasteiger partial charge >= 0.3 is 0 Å². The molecule has 0 amide bonds. The molecule has 23 heavy (non-hydrogen) atoms. The highest BCUT2D eigenvalue weighted by atomic mass is 31.0. The molecule has 2 heteroatoms. The van der Waals surface area contributed by atoms with Gasteiger partial charge in [-0.15, -0.1) is 9.24 Å². The Morgan fingerprint density at radius 1 is 1.22 bits per heavy atom. The molecular formula is C21H34NP. The lowest BCUT2D eigenvalue weighted by atomic mass is 10.0. The molecule has 0 fully saturated rings. The maximum absolute atomic E-state index is 2.75. The lowest BCUT2D eigenvalue weighted by Crippen LogP contribution is -2.30. The van der Waals surface area contributed by atoms with Crippen LogP contribution in [-0.4, -0.2) is 18.0 Å². The van der Waals surface area contributed by atoms with Crippen LogP contribution in [0, 0.1) is 12.8 Å². The van der Waals surface area contributed by atoms with Gasteiger partial charge in [0.15, 0.2) is 0 Å². The summed E-state index contributed by atoms with van der Waals surface area (Å²) in [6, 6.07) is 8.76. The Balaban J connectivity index is 2.76. The van der Waals surface area contributed by atoms with Crippen molar-refractivity contribution in [1.82, 2.24) is 4.90 Å². The van der Waals surface area contributed by atoms with Crippen molar-refractivity contribution in [2.75, 3.05) is 13.1 Å². The number of rotatable bonds is 9. The molecule has 0 aliphatic heterocycles.